The van der Waals surface area contributed by atoms with Crippen LogP contribution < -0.4 is 5.32 Å². The summed E-state index contributed by atoms with van der Waals surface area (Å²) in [6, 6.07) is 4.97. The molecule has 0 unspecified atom stereocenters. The zero-order chi connectivity index (χ0) is 16.2. The molecule has 2 aliphatic heterocycles. The summed E-state index contributed by atoms with van der Waals surface area (Å²) in [5.74, 6) is 0.0241. The van der Waals surface area contributed by atoms with Crippen LogP contribution in [0.3, 0.4) is 0 Å². The lowest BCUT2D eigenvalue weighted by molar-refractivity contribution is -0.0259. The molecule has 2 aliphatic rings. The second-order valence-electron chi connectivity index (χ2n) is 6.49. The number of halogens is 1. The molecular weight excluding hydrogens is 297 g/mol. The molecule has 3 rings (SSSR count). The van der Waals surface area contributed by atoms with E-state index in [0.29, 0.717) is 24.7 Å². The molecule has 4 nitrogen and oxygen atoms in total. The van der Waals surface area contributed by atoms with Gasteiger partial charge < -0.3 is 14.8 Å². The van der Waals surface area contributed by atoms with Gasteiger partial charge in [-0.1, -0.05) is 12.1 Å². The number of amides is 1. The maximum absolute atomic E-state index is 14.2. The molecule has 2 fully saturated rings. The van der Waals surface area contributed by atoms with E-state index in [1.165, 1.54) is 0 Å². The minimum Gasteiger partial charge on any atom is -0.381 e. The normalized spacial score (nSPS) is 26.0. The smallest absolute Gasteiger partial charge is 0.254 e. The third-order valence-corrected chi connectivity index (χ3v) is 5.02. The standard InChI is InChI=1S/C18H24FNO3/c1-12-3-2-4-14(17(12)19)18(21)20-16-7-10-23-11-15(16)13-5-8-22-9-6-13/h2-4,13,15-16H,5-11H2,1H3,(H,20,21)/t15-,16-/m0/s1. The highest BCUT2D eigenvalue weighted by Gasteiger charge is 2.34. The van der Waals surface area contributed by atoms with Crippen molar-refractivity contribution in [2.24, 2.45) is 11.8 Å². The van der Waals surface area contributed by atoms with E-state index >= 15 is 0 Å². The Morgan fingerprint density at radius 2 is 1.91 bits per heavy atom. The molecule has 1 amide bonds. The van der Waals surface area contributed by atoms with Crippen LogP contribution in [0.2, 0.25) is 0 Å². The Kier molecular flexibility index (Phi) is 5.28. The van der Waals surface area contributed by atoms with Crippen LogP contribution in [0.5, 0.6) is 0 Å². The summed E-state index contributed by atoms with van der Waals surface area (Å²) in [6.07, 6.45) is 2.78. The summed E-state index contributed by atoms with van der Waals surface area (Å²) in [4.78, 5) is 12.5. The van der Waals surface area contributed by atoms with Crippen LogP contribution in [-0.4, -0.2) is 38.4 Å². The van der Waals surface area contributed by atoms with Crippen molar-refractivity contribution in [1.29, 1.82) is 0 Å². The number of carbonyl (C=O) groups is 1. The number of ether oxygens (including phenoxy) is 2. The summed E-state index contributed by atoms with van der Waals surface area (Å²) in [5, 5.41) is 3.05. The highest BCUT2D eigenvalue weighted by molar-refractivity contribution is 5.94. The molecule has 0 radical (unpaired) electrons. The van der Waals surface area contributed by atoms with Crippen LogP contribution in [0.4, 0.5) is 4.39 Å². The monoisotopic (exact) mass is 321 g/mol. The van der Waals surface area contributed by atoms with E-state index in [1.54, 1.807) is 25.1 Å². The molecule has 0 aliphatic carbocycles. The topological polar surface area (TPSA) is 47.6 Å². The van der Waals surface area contributed by atoms with Crippen molar-refractivity contribution in [2.45, 2.75) is 32.2 Å². The Hall–Kier alpha value is -1.46. The maximum atomic E-state index is 14.2. The van der Waals surface area contributed by atoms with Crippen molar-refractivity contribution < 1.29 is 18.7 Å². The highest BCUT2D eigenvalue weighted by Crippen LogP contribution is 2.30. The minimum absolute atomic E-state index is 0.0410. The largest absolute Gasteiger partial charge is 0.381 e. The maximum Gasteiger partial charge on any atom is 0.254 e. The number of rotatable bonds is 3. The van der Waals surface area contributed by atoms with Crippen LogP contribution in [0.15, 0.2) is 18.2 Å². The van der Waals surface area contributed by atoms with Crippen molar-refractivity contribution in [3.8, 4) is 0 Å². The first-order valence-corrected chi connectivity index (χ1v) is 8.38. The molecule has 0 aromatic heterocycles. The Labute approximate surface area is 136 Å². The Morgan fingerprint density at radius 3 is 2.70 bits per heavy atom. The van der Waals surface area contributed by atoms with Crippen molar-refractivity contribution in [3.63, 3.8) is 0 Å². The summed E-state index contributed by atoms with van der Waals surface area (Å²) >= 11 is 0. The van der Waals surface area contributed by atoms with Gasteiger partial charge in [-0.05, 0) is 43.7 Å². The fourth-order valence-electron chi connectivity index (χ4n) is 3.62. The fourth-order valence-corrected chi connectivity index (χ4v) is 3.62. The third kappa shape index (κ3) is 3.72. The number of hydrogen-bond donors (Lipinski definition) is 1. The molecule has 126 valence electrons. The zero-order valence-corrected chi connectivity index (χ0v) is 13.5. The first-order chi connectivity index (χ1) is 11.2. The second-order valence-corrected chi connectivity index (χ2v) is 6.49. The van der Waals surface area contributed by atoms with E-state index in [9.17, 15) is 9.18 Å². The number of nitrogens with one attached hydrogen (secondary N) is 1. The molecule has 0 bridgehead atoms. The summed E-state index contributed by atoms with van der Waals surface area (Å²) in [5.41, 5.74) is 0.618. The average Bonchev–Trinajstić information content (AvgIpc) is 2.58. The minimum atomic E-state index is -0.431. The lowest BCUT2D eigenvalue weighted by Crippen LogP contribution is -2.49. The predicted octanol–water partition coefficient (Wildman–Crippen LogP) is 2.70. The third-order valence-electron chi connectivity index (χ3n) is 5.02. The van der Waals surface area contributed by atoms with E-state index in [0.717, 1.165) is 32.5 Å². The van der Waals surface area contributed by atoms with Crippen LogP contribution in [0.25, 0.3) is 0 Å². The van der Waals surface area contributed by atoms with Crippen molar-refractivity contribution in [2.75, 3.05) is 26.4 Å². The zero-order valence-electron chi connectivity index (χ0n) is 13.5. The van der Waals surface area contributed by atoms with Crippen LogP contribution >= 0.6 is 0 Å². The van der Waals surface area contributed by atoms with Gasteiger partial charge in [0, 0.05) is 31.8 Å². The van der Waals surface area contributed by atoms with Crippen molar-refractivity contribution >= 4 is 5.91 Å². The van der Waals surface area contributed by atoms with Crippen LogP contribution in [0, 0.1) is 24.6 Å². The Bertz CT molecular complexity index is 557. The first kappa shape index (κ1) is 16.4. The van der Waals surface area contributed by atoms with Crippen molar-refractivity contribution in [1.82, 2.24) is 5.32 Å². The lowest BCUT2D eigenvalue weighted by atomic mass is 9.79. The molecule has 1 aromatic carbocycles. The van der Waals surface area contributed by atoms with Gasteiger partial charge in [-0.3, -0.25) is 4.79 Å². The summed E-state index contributed by atoms with van der Waals surface area (Å²) in [6.45, 7) is 4.51. The molecule has 1 N–H and O–H groups in total. The predicted molar refractivity (Wildman–Crippen MR) is 84.9 cm³/mol. The summed E-state index contributed by atoms with van der Waals surface area (Å²) < 4.78 is 25.2. The Balaban J connectivity index is 1.71. The molecule has 2 atom stereocenters. The van der Waals surface area contributed by atoms with Gasteiger partial charge in [0.1, 0.15) is 5.82 Å². The average molecular weight is 321 g/mol. The van der Waals surface area contributed by atoms with Crippen LogP contribution in [-0.2, 0) is 9.47 Å². The van der Waals surface area contributed by atoms with Gasteiger partial charge in [0.2, 0.25) is 0 Å². The lowest BCUT2D eigenvalue weighted by Gasteiger charge is -2.39. The van der Waals surface area contributed by atoms with Crippen LogP contribution in [0.1, 0.15) is 35.2 Å². The van der Waals surface area contributed by atoms with Gasteiger partial charge in [0.15, 0.2) is 0 Å². The quantitative estimate of drug-likeness (QED) is 0.931. The number of aryl methyl sites for hydroxylation is 1. The van der Waals surface area contributed by atoms with Gasteiger partial charge in [0.25, 0.3) is 5.91 Å². The number of carbonyl (C=O) groups excluding carboxylic acids is 1. The van der Waals surface area contributed by atoms with Gasteiger partial charge in [-0.25, -0.2) is 4.39 Å². The van der Waals surface area contributed by atoms with E-state index < -0.39 is 5.82 Å². The number of benzene rings is 1. The molecule has 23 heavy (non-hydrogen) atoms. The van der Waals surface area contributed by atoms with Gasteiger partial charge >= 0.3 is 0 Å². The molecular formula is C18H24FNO3. The second kappa shape index (κ2) is 7.41. The molecule has 0 saturated carbocycles. The van der Waals surface area contributed by atoms with E-state index in [-0.39, 0.29) is 23.4 Å². The molecule has 5 heteroatoms. The first-order valence-electron chi connectivity index (χ1n) is 8.38. The molecule has 0 spiro atoms. The number of hydrogen-bond acceptors (Lipinski definition) is 3. The van der Waals surface area contributed by atoms with E-state index in [1.807, 2.05) is 0 Å². The fraction of sp³-hybridized carbons (Fsp3) is 0.611. The molecule has 2 heterocycles. The van der Waals surface area contributed by atoms with Crippen molar-refractivity contribution in [3.05, 3.63) is 35.1 Å². The Morgan fingerprint density at radius 1 is 1.17 bits per heavy atom. The van der Waals surface area contributed by atoms with Gasteiger partial charge in [-0.15, -0.1) is 0 Å². The van der Waals surface area contributed by atoms with E-state index in [4.69, 9.17) is 9.47 Å². The SMILES string of the molecule is Cc1cccc(C(=O)N[C@H]2CCOC[C@H]2C2CCOCC2)c1F. The van der Waals surface area contributed by atoms with Gasteiger partial charge in [0.05, 0.1) is 12.2 Å². The molecule has 2 saturated heterocycles. The highest BCUT2D eigenvalue weighted by atomic mass is 19.1. The molecule has 1 aromatic rings. The van der Waals surface area contributed by atoms with E-state index in [2.05, 4.69) is 5.32 Å². The van der Waals surface area contributed by atoms with Gasteiger partial charge in [-0.2, -0.15) is 0 Å². The summed E-state index contributed by atoms with van der Waals surface area (Å²) in [7, 11) is 0.